The maximum Gasteiger partial charge on any atom is 0.295 e. The van der Waals surface area contributed by atoms with Crippen LogP contribution in [0.4, 0.5) is 0 Å². The highest BCUT2D eigenvalue weighted by Crippen LogP contribution is 2.37. The molecule has 0 unspecified atom stereocenters. The SMILES string of the molecule is CCCCn1c(O)c2ccc(C(=O)N=NC(=S)NC3CCCC3)cc2c1O. The molecule has 0 spiro atoms. The Morgan fingerprint density at radius 1 is 1.22 bits per heavy atom. The van der Waals surface area contributed by atoms with Crippen molar-refractivity contribution in [2.75, 3.05) is 0 Å². The van der Waals surface area contributed by atoms with Crippen molar-refractivity contribution in [3.8, 4) is 11.8 Å². The summed E-state index contributed by atoms with van der Waals surface area (Å²) in [6.07, 6.45) is 6.21. The predicted molar refractivity (Wildman–Crippen MR) is 107 cm³/mol. The molecule has 1 aromatic heterocycles. The molecule has 27 heavy (non-hydrogen) atoms. The third-order valence-corrected chi connectivity index (χ3v) is 5.11. The number of fused-ring (bicyclic) bond motifs is 1. The largest absolute Gasteiger partial charge is 0.494 e. The molecule has 0 saturated heterocycles. The second-order valence-corrected chi connectivity index (χ2v) is 7.24. The van der Waals surface area contributed by atoms with Crippen molar-refractivity contribution in [2.24, 2.45) is 10.2 Å². The van der Waals surface area contributed by atoms with Crippen molar-refractivity contribution in [1.29, 1.82) is 0 Å². The van der Waals surface area contributed by atoms with Crippen LogP contribution < -0.4 is 5.32 Å². The highest BCUT2D eigenvalue weighted by molar-refractivity contribution is 7.80. The van der Waals surface area contributed by atoms with E-state index >= 15 is 0 Å². The number of nitrogens with one attached hydrogen (secondary N) is 1. The topological polar surface area (TPSA) is 99.2 Å². The summed E-state index contributed by atoms with van der Waals surface area (Å²) in [5.41, 5.74) is 0.276. The molecule has 1 aliphatic rings. The van der Waals surface area contributed by atoms with Crippen LogP contribution in [0.25, 0.3) is 10.8 Å². The van der Waals surface area contributed by atoms with Gasteiger partial charge in [-0.3, -0.25) is 9.36 Å². The molecule has 144 valence electrons. The molecule has 1 saturated carbocycles. The maximum atomic E-state index is 12.3. The zero-order valence-corrected chi connectivity index (χ0v) is 16.1. The molecule has 8 heteroatoms. The Labute approximate surface area is 163 Å². The smallest absolute Gasteiger partial charge is 0.295 e. The minimum absolute atomic E-state index is 0.00137. The first-order valence-electron chi connectivity index (χ1n) is 9.32. The fraction of sp³-hybridized carbons (Fsp3) is 0.474. The van der Waals surface area contributed by atoms with Crippen molar-refractivity contribution < 1.29 is 15.0 Å². The van der Waals surface area contributed by atoms with Gasteiger partial charge in [0.1, 0.15) is 0 Å². The van der Waals surface area contributed by atoms with Crippen LogP contribution in [0.1, 0.15) is 55.8 Å². The number of benzene rings is 1. The number of aromatic hydroxyl groups is 2. The molecule has 1 aromatic carbocycles. The molecule has 0 atom stereocenters. The van der Waals surface area contributed by atoms with E-state index in [2.05, 4.69) is 15.5 Å². The number of nitrogens with zero attached hydrogens (tertiary/aromatic N) is 3. The highest BCUT2D eigenvalue weighted by Gasteiger charge is 2.18. The summed E-state index contributed by atoms with van der Waals surface area (Å²) >= 11 is 5.12. The van der Waals surface area contributed by atoms with Crippen LogP contribution in [0.5, 0.6) is 11.8 Å². The number of hydrogen-bond donors (Lipinski definition) is 3. The Balaban J connectivity index is 1.75. The van der Waals surface area contributed by atoms with Gasteiger partial charge in [0, 0.05) is 28.9 Å². The fourth-order valence-corrected chi connectivity index (χ4v) is 3.61. The van der Waals surface area contributed by atoms with Gasteiger partial charge in [-0.25, -0.2) is 0 Å². The van der Waals surface area contributed by atoms with Crippen molar-refractivity contribution in [3.63, 3.8) is 0 Å². The van der Waals surface area contributed by atoms with Crippen molar-refractivity contribution in [1.82, 2.24) is 9.88 Å². The van der Waals surface area contributed by atoms with Crippen LogP contribution in [0.3, 0.4) is 0 Å². The van der Waals surface area contributed by atoms with E-state index in [1.807, 2.05) is 6.92 Å². The minimum Gasteiger partial charge on any atom is -0.494 e. The van der Waals surface area contributed by atoms with Gasteiger partial charge in [0.2, 0.25) is 16.9 Å². The number of carbonyl (C=O) groups excluding carboxylic acids is 1. The van der Waals surface area contributed by atoms with Crippen LogP contribution in [0.2, 0.25) is 0 Å². The number of hydrogen-bond acceptors (Lipinski definition) is 4. The zero-order valence-electron chi connectivity index (χ0n) is 15.3. The van der Waals surface area contributed by atoms with Gasteiger partial charge < -0.3 is 15.5 Å². The minimum atomic E-state index is -0.548. The molecule has 0 aliphatic heterocycles. The van der Waals surface area contributed by atoms with Gasteiger partial charge in [0.25, 0.3) is 5.91 Å². The summed E-state index contributed by atoms with van der Waals surface area (Å²) in [4.78, 5) is 12.3. The third kappa shape index (κ3) is 4.27. The lowest BCUT2D eigenvalue weighted by Crippen LogP contribution is -2.29. The van der Waals surface area contributed by atoms with Crippen LogP contribution in [-0.2, 0) is 6.54 Å². The summed E-state index contributed by atoms with van der Waals surface area (Å²) in [6.45, 7) is 2.54. The average Bonchev–Trinajstić information content (AvgIpc) is 3.25. The Bertz CT molecular complexity index is 885. The number of azo groups is 1. The van der Waals surface area contributed by atoms with Gasteiger partial charge in [-0.2, -0.15) is 0 Å². The average molecular weight is 388 g/mol. The maximum absolute atomic E-state index is 12.3. The molecule has 1 heterocycles. The first kappa shape index (κ1) is 19.3. The molecule has 2 aromatic rings. The van der Waals surface area contributed by atoms with Gasteiger partial charge in [0.05, 0.1) is 0 Å². The quantitative estimate of drug-likeness (QED) is 0.525. The third-order valence-electron chi connectivity index (χ3n) is 4.91. The summed E-state index contributed by atoms with van der Waals surface area (Å²) in [5, 5.41) is 32.4. The second kappa shape index (κ2) is 8.47. The molecule has 7 nitrogen and oxygen atoms in total. The fourth-order valence-electron chi connectivity index (χ4n) is 3.40. The van der Waals surface area contributed by atoms with E-state index in [-0.39, 0.29) is 22.4 Å². The molecule has 1 aliphatic carbocycles. The van der Waals surface area contributed by atoms with E-state index in [0.29, 0.717) is 23.4 Å². The Kier molecular flexibility index (Phi) is 6.05. The molecule has 3 N–H and O–H groups in total. The van der Waals surface area contributed by atoms with E-state index in [4.69, 9.17) is 12.2 Å². The summed E-state index contributed by atoms with van der Waals surface area (Å²) in [7, 11) is 0. The van der Waals surface area contributed by atoms with Gasteiger partial charge in [-0.05, 0) is 49.7 Å². The summed E-state index contributed by atoms with van der Waals surface area (Å²) in [6, 6.07) is 4.98. The molecule has 1 amide bonds. The predicted octanol–water partition coefficient (Wildman–Crippen LogP) is 4.26. The lowest BCUT2D eigenvalue weighted by molar-refractivity contribution is 0.0995. The van der Waals surface area contributed by atoms with Crippen LogP contribution in [0, 0.1) is 0 Å². The molecule has 1 fully saturated rings. The van der Waals surface area contributed by atoms with Crippen molar-refractivity contribution in [2.45, 2.75) is 58.0 Å². The molecule has 0 radical (unpaired) electrons. The number of thiocarbonyl (C=S) groups is 1. The van der Waals surface area contributed by atoms with Gasteiger partial charge >= 0.3 is 0 Å². The first-order chi connectivity index (χ1) is 13.0. The summed E-state index contributed by atoms with van der Waals surface area (Å²) in [5.74, 6) is -0.604. The monoisotopic (exact) mass is 388 g/mol. The number of unbranched alkanes of at least 4 members (excludes halogenated alkanes) is 1. The van der Waals surface area contributed by atoms with Crippen molar-refractivity contribution in [3.05, 3.63) is 23.8 Å². The van der Waals surface area contributed by atoms with E-state index in [1.165, 1.54) is 23.5 Å². The molecule has 0 bridgehead atoms. The van der Waals surface area contributed by atoms with E-state index in [1.54, 1.807) is 12.1 Å². The van der Waals surface area contributed by atoms with E-state index in [9.17, 15) is 15.0 Å². The number of amides is 1. The Morgan fingerprint density at radius 2 is 1.93 bits per heavy atom. The zero-order chi connectivity index (χ0) is 19.4. The normalized spacial score (nSPS) is 15.0. The van der Waals surface area contributed by atoms with Crippen LogP contribution in [-0.4, -0.2) is 31.8 Å². The lowest BCUT2D eigenvalue weighted by atomic mass is 10.1. The second-order valence-electron chi connectivity index (χ2n) is 6.85. The van der Waals surface area contributed by atoms with E-state index in [0.717, 1.165) is 25.7 Å². The lowest BCUT2D eigenvalue weighted by Gasteiger charge is -2.09. The van der Waals surface area contributed by atoms with E-state index < -0.39 is 5.91 Å². The van der Waals surface area contributed by atoms with Gasteiger partial charge in [-0.15, -0.1) is 10.2 Å². The standard InChI is InChI=1S/C19H24N4O3S/c1-2-3-10-23-17(25)14-9-8-12(11-15(14)18(23)26)16(24)21-22-19(27)20-13-6-4-5-7-13/h8-9,11,13,25-26H,2-7,10H2,1H3,(H,20,27). The molecule has 3 rings (SSSR count). The number of rotatable bonds is 5. The number of carbonyl (C=O) groups is 1. The van der Waals surface area contributed by atoms with Gasteiger partial charge in [-0.1, -0.05) is 26.2 Å². The number of aromatic nitrogens is 1. The Morgan fingerprint density at radius 3 is 2.63 bits per heavy atom. The van der Waals surface area contributed by atoms with Gasteiger partial charge in [0.15, 0.2) is 0 Å². The van der Waals surface area contributed by atoms with Crippen LogP contribution >= 0.6 is 12.2 Å². The first-order valence-corrected chi connectivity index (χ1v) is 9.72. The molecular weight excluding hydrogens is 364 g/mol. The molecular formula is C19H24N4O3S. The van der Waals surface area contributed by atoms with Crippen molar-refractivity contribution >= 4 is 34.0 Å². The van der Waals surface area contributed by atoms with Crippen LogP contribution in [0.15, 0.2) is 28.4 Å². The highest BCUT2D eigenvalue weighted by atomic mass is 32.1. The summed E-state index contributed by atoms with van der Waals surface area (Å²) < 4.78 is 1.45. The Hall–Kier alpha value is -2.48.